The molecule has 0 radical (unpaired) electrons. The highest BCUT2D eigenvalue weighted by Gasteiger charge is 2.17. The van der Waals surface area contributed by atoms with Crippen LogP contribution in [0.4, 0.5) is 0 Å². The summed E-state index contributed by atoms with van der Waals surface area (Å²) >= 11 is 0. The van der Waals surface area contributed by atoms with Gasteiger partial charge in [-0.15, -0.1) is 0 Å². The van der Waals surface area contributed by atoms with Gasteiger partial charge in [-0.25, -0.2) is 0 Å². The van der Waals surface area contributed by atoms with Crippen molar-refractivity contribution in [1.29, 1.82) is 0 Å². The van der Waals surface area contributed by atoms with Gasteiger partial charge in [0.2, 0.25) is 0 Å². The Hall–Kier alpha value is -2.29. The van der Waals surface area contributed by atoms with Crippen LogP contribution < -0.4 is 9.47 Å². The molecule has 21 heavy (non-hydrogen) atoms. The Kier molecular flexibility index (Phi) is 4.63. The number of hydrogen-bond acceptors (Lipinski definition) is 3. The molecule has 0 amide bonds. The molecule has 3 nitrogen and oxygen atoms in total. The van der Waals surface area contributed by atoms with Crippen LogP contribution >= 0.6 is 0 Å². The molecule has 0 aromatic heterocycles. The molecule has 0 unspecified atom stereocenters. The van der Waals surface area contributed by atoms with Crippen molar-refractivity contribution in [2.45, 2.75) is 20.8 Å². The molecule has 0 heterocycles. The monoisotopic (exact) mass is 284 g/mol. The number of carbonyl (C=O) groups excluding carboxylic acids is 1. The van der Waals surface area contributed by atoms with Gasteiger partial charge in [-0.2, -0.15) is 0 Å². The van der Waals surface area contributed by atoms with Crippen LogP contribution in [0.1, 0.15) is 34.0 Å². The van der Waals surface area contributed by atoms with E-state index in [9.17, 15) is 4.79 Å². The van der Waals surface area contributed by atoms with Crippen LogP contribution in [0, 0.1) is 13.8 Å². The van der Waals surface area contributed by atoms with Crippen molar-refractivity contribution in [3.63, 3.8) is 0 Å². The minimum atomic E-state index is -0.0435. The summed E-state index contributed by atoms with van der Waals surface area (Å²) in [5, 5.41) is 0. The first-order valence-electron chi connectivity index (χ1n) is 7.00. The molecular formula is C18H20O3. The van der Waals surface area contributed by atoms with Crippen LogP contribution in [-0.2, 0) is 0 Å². The summed E-state index contributed by atoms with van der Waals surface area (Å²) in [6.07, 6.45) is 0. The molecule has 2 aromatic carbocycles. The number of methoxy groups -OCH3 is 1. The summed E-state index contributed by atoms with van der Waals surface area (Å²) in [4.78, 5) is 12.6. The van der Waals surface area contributed by atoms with E-state index in [1.807, 2.05) is 45.0 Å². The van der Waals surface area contributed by atoms with E-state index in [-0.39, 0.29) is 5.78 Å². The van der Waals surface area contributed by atoms with Gasteiger partial charge in [0.1, 0.15) is 11.5 Å². The lowest BCUT2D eigenvalue weighted by Crippen LogP contribution is -2.06. The number of aryl methyl sites for hydroxylation is 1. The third-order valence-corrected chi connectivity index (χ3v) is 3.55. The van der Waals surface area contributed by atoms with Gasteiger partial charge in [0, 0.05) is 5.56 Å². The second-order valence-electron chi connectivity index (χ2n) is 4.87. The number of hydrogen-bond donors (Lipinski definition) is 0. The maximum absolute atomic E-state index is 12.6. The first kappa shape index (κ1) is 15.1. The average molecular weight is 284 g/mol. The summed E-state index contributed by atoms with van der Waals surface area (Å²) in [6.45, 7) is 6.50. The second kappa shape index (κ2) is 6.44. The van der Waals surface area contributed by atoms with E-state index in [0.29, 0.717) is 23.5 Å². The number of carbonyl (C=O) groups is 1. The zero-order chi connectivity index (χ0) is 15.4. The maximum Gasteiger partial charge on any atom is 0.196 e. The molecule has 0 aliphatic carbocycles. The zero-order valence-electron chi connectivity index (χ0n) is 12.9. The lowest BCUT2D eigenvalue weighted by atomic mass is 9.97. The molecule has 0 saturated heterocycles. The van der Waals surface area contributed by atoms with Crippen molar-refractivity contribution in [3.8, 4) is 11.5 Å². The van der Waals surface area contributed by atoms with Gasteiger partial charge < -0.3 is 9.47 Å². The Bertz CT molecular complexity index is 642. The Morgan fingerprint density at radius 3 is 2.29 bits per heavy atom. The number of rotatable bonds is 5. The largest absolute Gasteiger partial charge is 0.496 e. The summed E-state index contributed by atoms with van der Waals surface area (Å²) in [5.74, 6) is 1.37. The molecular weight excluding hydrogens is 264 g/mol. The van der Waals surface area contributed by atoms with E-state index in [2.05, 4.69) is 0 Å². The van der Waals surface area contributed by atoms with E-state index < -0.39 is 0 Å². The number of ether oxygens (including phenoxy) is 2. The van der Waals surface area contributed by atoms with Crippen LogP contribution in [0.25, 0.3) is 0 Å². The highest BCUT2D eigenvalue weighted by atomic mass is 16.5. The van der Waals surface area contributed by atoms with Crippen LogP contribution in [0.5, 0.6) is 11.5 Å². The molecule has 0 aliphatic heterocycles. The van der Waals surface area contributed by atoms with Crippen LogP contribution in [0.2, 0.25) is 0 Å². The van der Waals surface area contributed by atoms with Crippen molar-refractivity contribution in [1.82, 2.24) is 0 Å². The van der Waals surface area contributed by atoms with Crippen molar-refractivity contribution >= 4 is 5.78 Å². The molecule has 3 heteroatoms. The first-order chi connectivity index (χ1) is 10.1. The lowest BCUT2D eigenvalue weighted by Gasteiger charge is -2.13. The molecule has 2 rings (SSSR count). The van der Waals surface area contributed by atoms with Gasteiger partial charge in [-0.1, -0.05) is 6.07 Å². The predicted molar refractivity (Wildman–Crippen MR) is 83.5 cm³/mol. The fourth-order valence-electron chi connectivity index (χ4n) is 2.26. The molecule has 0 saturated carbocycles. The maximum atomic E-state index is 12.6. The van der Waals surface area contributed by atoms with E-state index >= 15 is 0 Å². The van der Waals surface area contributed by atoms with E-state index in [0.717, 1.165) is 16.9 Å². The van der Waals surface area contributed by atoms with Crippen molar-refractivity contribution in [3.05, 3.63) is 58.7 Å². The van der Waals surface area contributed by atoms with Crippen molar-refractivity contribution in [2.75, 3.05) is 13.7 Å². The van der Waals surface area contributed by atoms with Gasteiger partial charge in [-0.05, 0) is 62.2 Å². The van der Waals surface area contributed by atoms with Crippen molar-refractivity contribution in [2.24, 2.45) is 0 Å². The third kappa shape index (κ3) is 3.07. The Labute approximate surface area is 125 Å². The summed E-state index contributed by atoms with van der Waals surface area (Å²) in [5.41, 5.74) is 3.31. The van der Waals surface area contributed by atoms with Gasteiger partial charge >= 0.3 is 0 Å². The molecule has 0 spiro atoms. The molecule has 110 valence electrons. The average Bonchev–Trinajstić information content (AvgIpc) is 2.50. The Balaban J connectivity index is 2.38. The quantitative estimate of drug-likeness (QED) is 0.780. The minimum Gasteiger partial charge on any atom is -0.496 e. The van der Waals surface area contributed by atoms with E-state index in [1.54, 1.807) is 19.2 Å². The molecule has 2 aromatic rings. The molecule has 0 bridgehead atoms. The highest BCUT2D eigenvalue weighted by molar-refractivity contribution is 6.11. The SMILES string of the molecule is CCOc1ccc(C(=O)c2ccc(C)c(C)c2OC)cc1. The number of benzene rings is 2. The fourth-order valence-corrected chi connectivity index (χ4v) is 2.26. The summed E-state index contributed by atoms with van der Waals surface area (Å²) in [6, 6.07) is 10.9. The van der Waals surface area contributed by atoms with E-state index in [1.165, 1.54) is 0 Å². The summed E-state index contributed by atoms with van der Waals surface area (Å²) in [7, 11) is 1.59. The zero-order valence-corrected chi connectivity index (χ0v) is 12.9. The highest BCUT2D eigenvalue weighted by Crippen LogP contribution is 2.28. The smallest absolute Gasteiger partial charge is 0.196 e. The number of ketones is 1. The van der Waals surface area contributed by atoms with Crippen LogP contribution in [0.15, 0.2) is 36.4 Å². The third-order valence-electron chi connectivity index (χ3n) is 3.55. The summed E-state index contributed by atoms with van der Waals surface area (Å²) < 4.78 is 10.8. The van der Waals surface area contributed by atoms with Gasteiger partial charge in [-0.3, -0.25) is 4.79 Å². The molecule has 0 fully saturated rings. The fraction of sp³-hybridized carbons (Fsp3) is 0.278. The van der Waals surface area contributed by atoms with Crippen LogP contribution in [0.3, 0.4) is 0 Å². The molecule has 0 N–H and O–H groups in total. The Morgan fingerprint density at radius 2 is 1.71 bits per heavy atom. The van der Waals surface area contributed by atoms with Gasteiger partial charge in [0.05, 0.1) is 19.3 Å². The standard InChI is InChI=1S/C18H20O3/c1-5-21-15-9-7-14(8-10-15)17(19)16-11-6-12(2)13(3)18(16)20-4/h6-11H,5H2,1-4H3. The predicted octanol–water partition coefficient (Wildman–Crippen LogP) is 3.94. The van der Waals surface area contributed by atoms with Crippen molar-refractivity contribution < 1.29 is 14.3 Å². The van der Waals surface area contributed by atoms with Crippen LogP contribution in [-0.4, -0.2) is 19.5 Å². The Morgan fingerprint density at radius 1 is 1.05 bits per heavy atom. The molecule has 0 atom stereocenters. The topological polar surface area (TPSA) is 35.5 Å². The second-order valence-corrected chi connectivity index (χ2v) is 4.87. The minimum absolute atomic E-state index is 0.0435. The van der Waals surface area contributed by atoms with Gasteiger partial charge in [0.15, 0.2) is 5.78 Å². The normalized spacial score (nSPS) is 10.3. The first-order valence-corrected chi connectivity index (χ1v) is 7.00. The van der Waals surface area contributed by atoms with E-state index in [4.69, 9.17) is 9.47 Å². The molecule has 0 aliphatic rings. The van der Waals surface area contributed by atoms with Gasteiger partial charge in [0.25, 0.3) is 0 Å². The lowest BCUT2D eigenvalue weighted by molar-refractivity contribution is 0.103.